The number of hydrogen-bond acceptors (Lipinski definition) is 3. The zero-order valence-electron chi connectivity index (χ0n) is 10.6. The fourth-order valence-electron chi connectivity index (χ4n) is 1.33. The van der Waals surface area contributed by atoms with Gasteiger partial charge in [-0.15, -0.1) is 6.58 Å². The van der Waals surface area contributed by atoms with Gasteiger partial charge in [-0.2, -0.15) is 0 Å². The third-order valence-corrected chi connectivity index (χ3v) is 2.24. The summed E-state index contributed by atoms with van der Waals surface area (Å²) in [5.41, 5.74) is 1.15. The van der Waals surface area contributed by atoms with Gasteiger partial charge < -0.3 is 9.47 Å². The lowest BCUT2D eigenvalue weighted by Crippen LogP contribution is -2.06. The second-order valence-electron chi connectivity index (χ2n) is 3.85. The van der Waals surface area contributed by atoms with Gasteiger partial charge in [-0.25, -0.2) is 0 Å². The van der Waals surface area contributed by atoms with Gasteiger partial charge in [0, 0.05) is 5.56 Å². The Morgan fingerprint density at radius 3 is 2.50 bits per heavy atom. The molecule has 96 valence electrons. The molecule has 0 spiro atoms. The van der Waals surface area contributed by atoms with E-state index in [1.807, 2.05) is 0 Å². The van der Waals surface area contributed by atoms with E-state index in [9.17, 15) is 4.79 Å². The largest absolute Gasteiger partial charge is 0.491 e. The highest BCUT2D eigenvalue weighted by atomic mass is 16.5. The Morgan fingerprint density at radius 2 is 1.94 bits per heavy atom. The number of hydrogen-bond donors (Lipinski definition) is 0. The minimum atomic E-state index is -0.0455. The summed E-state index contributed by atoms with van der Waals surface area (Å²) in [6.07, 6.45) is 1.69. The molecule has 0 atom stereocenters. The molecule has 18 heavy (non-hydrogen) atoms. The smallest absolute Gasteiger partial charge is 0.188 e. The van der Waals surface area contributed by atoms with Crippen molar-refractivity contribution in [1.82, 2.24) is 0 Å². The van der Waals surface area contributed by atoms with Crippen molar-refractivity contribution in [2.45, 2.75) is 6.92 Å². The number of ether oxygens (including phenoxy) is 2. The van der Waals surface area contributed by atoms with Crippen LogP contribution in [0.15, 0.2) is 49.1 Å². The Morgan fingerprint density at radius 1 is 1.28 bits per heavy atom. The topological polar surface area (TPSA) is 35.5 Å². The molecule has 0 bridgehead atoms. The number of carbonyl (C=O) groups excluding carboxylic acids is 1. The van der Waals surface area contributed by atoms with Crippen LogP contribution in [0.4, 0.5) is 0 Å². The van der Waals surface area contributed by atoms with Gasteiger partial charge in [-0.3, -0.25) is 4.79 Å². The van der Waals surface area contributed by atoms with Crippen molar-refractivity contribution < 1.29 is 14.3 Å². The molecule has 3 heteroatoms. The van der Waals surface area contributed by atoms with Crippen LogP contribution in [-0.2, 0) is 4.74 Å². The van der Waals surface area contributed by atoms with Gasteiger partial charge in [0.25, 0.3) is 0 Å². The van der Waals surface area contributed by atoms with Crippen LogP contribution in [-0.4, -0.2) is 25.6 Å². The summed E-state index contributed by atoms with van der Waals surface area (Å²) >= 11 is 0. The van der Waals surface area contributed by atoms with Crippen LogP contribution in [0, 0.1) is 0 Å². The van der Waals surface area contributed by atoms with Crippen LogP contribution in [0.3, 0.4) is 0 Å². The van der Waals surface area contributed by atoms with Crippen LogP contribution >= 0.6 is 0 Å². The van der Waals surface area contributed by atoms with E-state index in [-0.39, 0.29) is 5.78 Å². The van der Waals surface area contributed by atoms with E-state index in [1.165, 1.54) is 0 Å². The zero-order chi connectivity index (χ0) is 13.4. The zero-order valence-corrected chi connectivity index (χ0v) is 10.6. The first-order valence-corrected chi connectivity index (χ1v) is 5.77. The maximum absolute atomic E-state index is 11.6. The summed E-state index contributed by atoms with van der Waals surface area (Å²) in [7, 11) is 0. The fourth-order valence-corrected chi connectivity index (χ4v) is 1.33. The molecule has 1 aromatic rings. The third kappa shape index (κ3) is 4.55. The normalized spacial score (nSPS) is 9.83. The molecule has 0 aliphatic carbocycles. The van der Waals surface area contributed by atoms with Crippen molar-refractivity contribution in [3.63, 3.8) is 0 Å². The molecule has 0 fully saturated rings. The summed E-state index contributed by atoms with van der Waals surface area (Å²) < 4.78 is 10.6. The lowest BCUT2D eigenvalue weighted by Gasteiger charge is -2.07. The van der Waals surface area contributed by atoms with Crippen LogP contribution in [0.2, 0.25) is 0 Å². The number of carbonyl (C=O) groups is 1. The lowest BCUT2D eigenvalue weighted by molar-refractivity contribution is 0.103. The SMILES string of the molecule is C=CCOCCOc1ccc(C(=O)C(=C)C)cc1. The highest BCUT2D eigenvalue weighted by molar-refractivity contribution is 6.07. The van der Waals surface area contributed by atoms with Gasteiger partial charge >= 0.3 is 0 Å². The van der Waals surface area contributed by atoms with E-state index in [1.54, 1.807) is 37.3 Å². The summed E-state index contributed by atoms with van der Waals surface area (Å²) in [5, 5.41) is 0. The Labute approximate surface area is 108 Å². The second-order valence-corrected chi connectivity index (χ2v) is 3.85. The second kappa shape index (κ2) is 7.45. The Balaban J connectivity index is 2.43. The van der Waals surface area contributed by atoms with Crippen molar-refractivity contribution in [2.24, 2.45) is 0 Å². The lowest BCUT2D eigenvalue weighted by atomic mass is 10.1. The quantitative estimate of drug-likeness (QED) is 0.306. The first-order chi connectivity index (χ1) is 8.65. The Bertz CT molecular complexity index is 418. The average molecular weight is 246 g/mol. The molecule has 0 aromatic heterocycles. The molecule has 0 unspecified atom stereocenters. The Hall–Kier alpha value is -1.87. The van der Waals surface area contributed by atoms with Crippen molar-refractivity contribution in [3.05, 3.63) is 54.6 Å². The molecule has 0 heterocycles. The van der Waals surface area contributed by atoms with Gasteiger partial charge in [-0.1, -0.05) is 12.7 Å². The summed E-state index contributed by atoms with van der Waals surface area (Å²) in [4.78, 5) is 11.6. The minimum Gasteiger partial charge on any atom is -0.491 e. The minimum absolute atomic E-state index is 0.0455. The average Bonchev–Trinajstić information content (AvgIpc) is 2.38. The molecule has 0 saturated carbocycles. The maximum Gasteiger partial charge on any atom is 0.188 e. The molecule has 1 rings (SSSR count). The van der Waals surface area contributed by atoms with Gasteiger partial charge in [0.05, 0.1) is 13.2 Å². The van der Waals surface area contributed by atoms with Gasteiger partial charge in [-0.05, 0) is 36.8 Å². The molecule has 0 N–H and O–H groups in total. The molecule has 0 saturated heterocycles. The van der Waals surface area contributed by atoms with Crippen LogP contribution in [0.25, 0.3) is 0 Å². The highest BCUT2D eigenvalue weighted by Gasteiger charge is 2.05. The first-order valence-electron chi connectivity index (χ1n) is 5.77. The summed E-state index contributed by atoms with van der Waals surface area (Å²) in [5.74, 6) is 0.673. The van der Waals surface area contributed by atoms with Gasteiger partial charge in [0.15, 0.2) is 5.78 Å². The van der Waals surface area contributed by atoms with E-state index in [0.29, 0.717) is 31.0 Å². The molecular weight excluding hydrogens is 228 g/mol. The summed E-state index contributed by atoms with van der Waals surface area (Å²) in [6.45, 7) is 10.4. The van der Waals surface area contributed by atoms with Crippen molar-refractivity contribution in [1.29, 1.82) is 0 Å². The van der Waals surface area contributed by atoms with Crippen molar-refractivity contribution >= 4 is 5.78 Å². The first kappa shape index (κ1) is 14.2. The predicted molar refractivity (Wildman–Crippen MR) is 72.1 cm³/mol. The predicted octanol–water partition coefficient (Wildman–Crippen LogP) is 3.03. The van der Waals surface area contributed by atoms with E-state index in [2.05, 4.69) is 13.2 Å². The standard InChI is InChI=1S/C15H18O3/c1-4-9-17-10-11-18-14-7-5-13(6-8-14)15(16)12(2)3/h4-8H,1-2,9-11H2,3H3. The van der Waals surface area contributed by atoms with Gasteiger partial charge in [0.2, 0.25) is 0 Å². The number of allylic oxidation sites excluding steroid dienone is 1. The maximum atomic E-state index is 11.6. The van der Waals surface area contributed by atoms with Gasteiger partial charge in [0.1, 0.15) is 12.4 Å². The van der Waals surface area contributed by atoms with Crippen molar-refractivity contribution in [2.75, 3.05) is 19.8 Å². The molecule has 0 radical (unpaired) electrons. The molecule has 0 aliphatic rings. The Kier molecular flexibility index (Phi) is 5.88. The summed E-state index contributed by atoms with van der Waals surface area (Å²) in [6, 6.07) is 7.00. The van der Waals surface area contributed by atoms with E-state index >= 15 is 0 Å². The molecule has 0 amide bonds. The number of rotatable bonds is 8. The number of Topliss-reactive ketones (excluding diaryl/α,β-unsaturated/α-hetero) is 1. The third-order valence-electron chi connectivity index (χ3n) is 2.24. The van der Waals surface area contributed by atoms with E-state index in [4.69, 9.17) is 9.47 Å². The van der Waals surface area contributed by atoms with E-state index < -0.39 is 0 Å². The van der Waals surface area contributed by atoms with Crippen LogP contribution in [0.5, 0.6) is 5.75 Å². The van der Waals surface area contributed by atoms with Crippen LogP contribution < -0.4 is 4.74 Å². The van der Waals surface area contributed by atoms with E-state index in [0.717, 1.165) is 5.75 Å². The van der Waals surface area contributed by atoms with Crippen molar-refractivity contribution in [3.8, 4) is 5.75 Å². The molecule has 1 aromatic carbocycles. The monoisotopic (exact) mass is 246 g/mol. The number of ketones is 1. The highest BCUT2D eigenvalue weighted by Crippen LogP contribution is 2.14. The molecule has 0 aliphatic heterocycles. The number of benzene rings is 1. The van der Waals surface area contributed by atoms with Crippen LogP contribution in [0.1, 0.15) is 17.3 Å². The molecule has 3 nitrogen and oxygen atoms in total. The fraction of sp³-hybridized carbons (Fsp3) is 0.267. The molecular formula is C15H18O3.